The molecule has 1 aliphatic heterocycles. The molecule has 0 aliphatic carbocycles. The van der Waals surface area contributed by atoms with Gasteiger partial charge < -0.3 is 20.3 Å². The van der Waals surface area contributed by atoms with Gasteiger partial charge in [-0.05, 0) is 63.4 Å². The van der Waals surface area contributed by atoms with Crippen LogP contribution in [-0.4, -0.2) is 52.6 Å². The smallest absolute Gasteiger partial charge is 0.319 e. The second kappa shape index (κ2) is 10.5. The topological polar surface area (TPSA) is 84.3 Å². The number of carbonyl (C=O) groups is 1. The number of morpholine rings is 1. The third kappa shape index (κ3) is 6.10. The lowest BCUT2D eigenvalue weighted by atomic mass is 10.1. The number of benzene rings is 1. The maximum Gasteiger partial charge on any atom is 0.319 e. The predicted octanol–water partition coefficient (Wildman–Crippen LogP) is 3.94. The van der Waals surface area contributed by atoms with E-state index in [1.165, 1.54) is 5.56 Å². The van der Waals surface area contributed by atoms with Crippen LogP contribution in [0.2, 0.25) is 0 Å². The fourth-order valence-corrected chi connectivity index (χ4v) is 4.12. The van der Waals surface area contributed by atoms with Gasteiger partial charge in [0, 0.05) is 25.8 Å². The molecule has 3 heterocycles. The van der Waals surface area contributed by atoms with Gasteiger partial charge in [-0.1, -0.05) is 18.2 Å². The number of para-hydroxylation sites is 1. The van der Waals surface area contributed by atoms with Gasteiger partial charge in [-0.15, -0.1) is 0 Å². The zero-order valence-corrected chi connectivity index (χ0v) is 19.5. The number of nitrogens with one attached hydrogen (secondary N) is 2. The number of rotatable bonds is 7. The van der Waals surface area contributed by atoms with E-state index < -0.39 is 0 Å². The fraction of sp³-hybridized carbons (Fsp3) is 0.400. The van der Waals surface area contributed by atoms with Gasteiger partial charge in [-0.3, -0.25) is 0 Å². The first kappa shape index (κ1) is 22.8. The highest BCUT2D eigenvalue weighted by atomic mass is 16.5. The highest BCUT2D eigenvalue weighted by Gasteiger charge is 2.23. The first-order valence-corrected chi connectivity index (χ1v) is 11.5. The summed E-state index contributed by atoms with van der Waals surface area (Å²) in [6.07, 6.45) is 5.80. The average Bonchev–Trinajstić information content (AvgIpc) is 3.17. The number of aryl methyl sites for hydroxylation is 2. The van der Waals surface area contributed by atoms with Crippen LogP contribution in [0.3, 0.4) is 0 Å². The van der Waals surface area contributed by atoms with Crippen molar-refractivity contribution in [2.24, 2.45) is 0 Å². The minimum Gasteiger partial charge on any atom is -0.372 e. The Balaban J connectivity index is 1.21. The normalized spacial score (nSPS) is 18.2. The fourth-order valence-electron chi connectivity index (χ4n) is 4.12. The minimum absolute atomic E-state index is 0.176. The number of carbonyl (C=O) groups excluding carboxylic acids is 1. The Kier molecular flexibility index (Phi) is 7.24. The predicted molar refractivity (Wildman–Crippen MR) is 130 cm³/mol. The van der Waals surface area contributed by atoms with Crippen LogP contribution in [0.4, 0.5) is 16.3 Å². The Bertz CT molecular complexity index is 1040. The molecule has 8 heteroatoms. The molecule has 0 bridgehead atoms. The number of amides is 2. The second-order valence-electron chi connectivity index (χ2n) is 8.57. The van der Waals surface area contributed by atoms with E-state index in [2.05, 4.69) is 45.7 Å². The zero-order chi connectivity index (χ0) is 23.2. The molecule has 4 rings (SSSR count). The number of hydrogen-bond donors (Lipinski definition) is 2. The maximum absolute atomic E-state index is 12.3. The average molecular weight is 449 g/mol. The Hall–Kier alpha value is -3.39. The third-order valence-corrected chi connectivity index (χ3v) is 5.68. The molecule has 2 amide bonds. The number of urea groups is 1. The zero-order valence-electron chi connectivity index (χ0n) is 19.5. The number of anilines is 2. The maximum atomic E-state index is 12.3. The van der Waals surface area contributed by atoms with Crippen molar-refractivity contribution >= 4 is 17.5 Å². The molecule has 3 aromatic rings. The first-order valence-electron chi connectivity index (χ1n) is 11.5. The van der Waals surface area contributed by atoms with Crippen molar-refractivity contribution < 1.29 is 9.53 Å². The lowest BCUT2D eigenvalue weighted by Crippen LogP contribution is -2.45. The largest absolute Gasteiger partial charge is 0.372 e. The molecule has 1 saturated heterocycles. The van der Waals surface area contributed by atoms with Gasteiger partial charge in [0.25, 0.3) is 0 Å². The molecule has 8 nitrogen and oxygen atoms in total. The molecular weight excluding hydrogens is 416 g/mol. The molecule has 2 aromatic heterocycles. The van der Waals surface area contributed by atoms with Gasteiger partial charge in [-0.2, -0.15) is 5.10 Å². The lowest BCUT2D eigenvalue weighted by molar-refractivity contribution is -0.00545. The molecule has 1 aromatic carbocycles. The monoisotopic (exact) mass is 448 g/mol. The quantitative estimate of drug-likeness (QED) is 0.535. The third-order valence-electron chi connectivity index (χ3n) is 5.68. The summed E-state index contributed by atoms with van der Waals surface area (Å²) in [7, 11) is 0. The standard InChI is InChI=1S/C25H32N6O2/c1-18-15-30(16-19(2)33-18)24-12-11-22(14-27-24)28-25(32)26-13-7-8-21-17-31(29-20(21)3)23-9-5-4-6-10-23/h4-6,9-12,14,17-19H,7-8,13,15-16H2,1-3H3,(H2,26,28,32)/t18-,19-/m0/s1. The van der Waals surface area contributed by atoms with Crippen LogP contribution in [0.15, 0.2) is 54.9 Å². The van der Waals surface area contributed by atoms with Crippen molar-refractivity contribution in [3.8, 4) is 5.69 Å². The number of ether oxygens (including phenoxy) is 1. The van der Waals surface area contributed by atoms with Crippen LogP contribution in [0.1, 0.15) is 31.5 Å². The van der Waals surface area contributed by atoms with E-state index in [4.69, 9.17) is 4.74 Å². The van der Waals surface area contributed by atoms with Crippen molar-refractivity contribution in [3.05, 3.63) is 66.1 Å². The number of nitrogens with zero attached hydrogens (tertiary/aromatic N) is 4. The Morgan fingerprint density at radius 3 is 2.58 bits per heavy atom. The van der Waals surface area contributed by atoms with Gasteiger partial charge in [0.15, 0.2) is 0 Å². The molecule has 2 N–H and O–H groups in total. The van der Waals surface area contributed by atoms with Crippen molar-refractivity contribution in [3.63, 3.8) is 0 Å². The van der Waals surface area contributed by atoms with Gasteiger partial charge >= 0.3 is 6.03 Å². The molecule has 33 heavy (non-hydrogen) atoms. The van der Waals surface area contributed by atoms with Crippen molar-refractivity contribution in [2.75, 3.05) is 29.9 Å². The van der Waals surface area contributed by atoms with E-state index in [0.717, 1.165) is 43.1 Å². The van der Waals surface area contributed by atoms with E-state index in [0.29, 0.717) is 12.2 Å². The summed E-state index contributed by atoms with van der Waals surface area (Å²) in [5, 5.41) is 10.4. The summed E-state index contributed by atoms with van der Waals surface area (Å²) >= 11 is 0. The van der Waals surface area contributed by atoms with Gasteiger partial charge in [0.05, 0.1) is 35.5 Å². The molecule has 0 saturated carbocycles. The van der Waals surface area contributed by atoms with Gasteiger partial charge in [0.1, 0.15) is 5.82 Å². The van der Waals surface area contributed by atoms with E-state index >= 15 is 0 Å². The molecule has 0 unspecified atom stereocenters. The van der Waals surface area contributed by atoms with E-state index in [1.807, 2.05) is 54.1 Å². The van der Waals surface area contributed by atoms with Crippen LogP contribution in [-0.2, 0) is 11.2 Å². The van der Waals surface area contributed by atoms with E-state index in [9.17, 15) is 4.79 Å². The summed E-state index contributed by atoms with van der Waals surface area (Å²) in [5.41, 5.74) is 3.92. The molecule has 2 atom stereocenters. The molecular formula is C25H32N6O2. The number of pyridine rings is 1. The lowest BCUT2D eigenvalue weighted by Gasteiger charge is -2.36. The summed E-state index contributed by atoms with van der Waals surface area (Å²) < 4.78 is 7.68. The van der Waals surface area contributed by atoms with Crippen molar-refractivity contribution in [1.82, 2.24) is 20.1 Å². The Morgan fingerprint density at radius 2 is 1.88 bits per heavy atom. The van der Waals surface area contributed by atoms with Crippen LogP contribution < -0.4 is 15.5 Å². The van der Waals surface area contributed by atoms with E-state index in [1.54, 1.807) is 6.20 Å². The van der Waals surface area contributed by atoms with Crippen LogP contribution in [0.5, 0.6) is 0 Å². The molecule has 0 spiro atoms. The highest BCUT2D eigenvalue weighted by molar-refractivity contribution is 5.89. The number of hydrogen-bond acceptors (Lipinski definition) is 5. The Morgan fingerprint density at radius 1 is 1.12 bits per heavy atom. The van der Waals surface area contributed by atoms with Crippen LogP contribution in [0, 0.1) is 6.92 Å². The summed E-state index contributed by atoms with van der Waals surface area (Å²) in [5.74, 6) is 0.898. The SMILES string of the molecule is Cc1nn(-c2ccccc2)cc1CCCNC(=O)Nc1ccc(N2C[C@H](C)O[C@@H](C)C2)nc1. The highest BCUT2D eigenvalue weighted by Crippen LogP contribution is 2.19. The van der Waals surface area contributed by atoms with Crippen LogP contribution in [0.25, 0.3) is 5.69 Å². The van der Waals surface area contributed by atoms with Crippen LogP contribution >= 0.6 is 0 Å². The second-order valence-corrected chi connectivity index (χ2v) is 8.57. The Labute approximate surface area is 195 Å². The molecule has 174 valence electrons. The molecule has 1 aliphatic rings. The summed E-state index contributed by atoms with van der Waals surface area (Å²) in [6, 6.07) is 13.7. The molecule has 1 fully saturated rings. The van der Waals surface area contributed by atoms with E-state index in [-0.39, 0.29) is 18.2 Å². The summed E-state index contributed by atoms with van der Waals surface area (Å²) in [6.45, 7) is 8.36. The first-order chi connectivity index (χ1) is 16.0. The number of aromatic nitrogens is 3. The van der Waals surface area contributed by atoms with Crippen molar-refractivity contribution in [1.29, 1.82) is 0 Å². The van der Waals surface area contributed by atoms with Gasteiger partial charge in [-0.25, -0.2) is 14.5 Å². The molecule has 0 radical (unpaired) electrons. The summed E-state index contributed by atoms with van der Waals surface area (Å²) in [4.78, 5) is 19.0. The minimum atomic E-state index is -0.227. The van der Waals surface area contributed by atoms with Crippen molar-refractivity contribution in [2.45, 2.75) is 45.8 Å². The van der Waals surface area contributed by atoms with Gasteiger partial charge in [0.2, 0.25) is 0 Å².